The highest BCUT2D eigenvalue weighted by Crippen LogP contribution is 2.10. The summed E-state index contributed by atoms with van der Waals surface area (Å²) >= 11 is 0. The van der Waals surface area contributed by atoms with Crippen molar-refractivity contribution < 1.29 is 0 Å². The van der Waals surface area contributed by atoms with E-state index in [2.05, 4.69) is 13.8 Å². The standard InChI is InChI=1S/C13H28.4ClH/c1-3-5-7-9-11-13-12-10-8-6-4-2;;;;/h3-13H2,1-2H3;4*1H. The van der Waals surface area contributed by atoms with Crippen LogP contribution in [0.25, 0.3) is 0 Å². The highest BCUT2D eigenvalue weighted by Gasteiger charge is 1.90. The second kappa shape index (κ2) is 30.3. The molecule has 0 saturated heterocycles. The van der Waals surface area contributed by atoms with Crippen LogP contribution in [0.3, 0.4) is 0 Å². The zero-order valence-corrected chi connectivity index (χ0v) is 14.7. The van der Waals surface area contributed by atoms with E-state index in [0.29, 0.717) is 0 Å². The highest BCUT2D eigenvalue weighted by atomic mass is 35.5. The molecule has 0 aromatic rings. The Kier molecular flexibility index (Phi) is 55.0. The van der Waals surface area contributed by atoms with Crippen molar-refractivity contribution in [3.8, 4) is 0 Å². The molecule has 112 valence electrons. The highest BCUT2D eigenvalue weighted by molar-refractivity contribution is 5.86. The molecule has 0 fully saturated rings. The molecule has 0 aliphatic carbocycles. The normalized spacial score (nSPS) is 8.12. The molecule has 0 unspecified atom stereocenters. The van der Waals surface area contributed by atoms with E-state index in [-0.39, 0.29) is 49.6 Å². The van der Waals surface area contributed by atoms with Gasteiger partial charge in [0.05, 0.1) is 0 Å². The first-order valence-corrected chi connectivity index (χ1v) is 6.41. The summed E-state index contributed by atoms with van der Waals surface area (Å²) < 4.78 is 0. The van der Waals surface area contributed by atoms with Crippen LogP contribution in [0.5, 0.6) is 0 Å². The lowest BCUT2D eigenvalue weighted by molar-refractivity contribution is 0.554. The second-order valence-electron chi connectivity index (χ2n) is 4.18. The first kappa shape index (κ1) is 30.9. The predicted octanol–water partition coefficient (Wildman–Crippen LogP) is 7.00. The first-order valence-electron chi connectivity index (χ1n) is 6.41. The fourth-order valence-electron chi connectivity index (χ4n) is 1.74. The van der Waals surface area contributed by atoms with Crippen molar-refractivity contribution in [2.75, 3.05) is 0 Å². The number of unbranched alkanes of at least 4 members (excludes halogenated alkanes) is 10. The molecule has 0 atom stereocenters. The van der Waals surface area contributed by atoms with Gasteiger partial charge in [0, 0.05) is 0 Å². The van der Waals surface area contributed by atoms with Crippen molar-refractivity contribution in [3.63, 3.8) is 0 Å². The van der Waals surface area contributed by atoms with Crippen molar-refractivity contribution in [1.29, 1.82) is 0 Å². The van der Waals surface area contributed by atoms with Crippen LogP contribution < -0.4 is 0 Å². The minimum atomic E-state index is 0. The van der Waals surface area contributed by atoms with Gasteiger partial charge in [-0.15, -0.1) is 49.6 Å². The molecule has 0 aromatic carbocycles. The lowest BCUT2D eigenvalue weighted by atomic mass is 10.1. The van der Waals surface area contributed by atoms with Gasteiger partial charge in [-0.05, 0) is 0 Å². The van der Waals surface area contributed by atoms with Gasteiger partial charge in [0.2, 0.25) is 0 Å². The average molecular weight is 330 g/mol. The maximum absolute atomic E-state index is 2.28. The molecule has 0 nitrogen and oxygen atoms in total. The minimum absolute atomic E-state index is 0. The summed E-state index contributed by atoms with van der Waals surface area (Å²) in [5.74, 6) is 0. The largest absolute Gasteiger partial charge is 0.147 e. The van der Waals surface area contributed by atoms with Gasteiger partial charge >= 0.3 is 0 Å². The molecule has 0 heterocycles. The van der Waals surface area contributed by atoms with E-state index in [0.717, 1.165) is 0 Å². The molecular weight excluding hydrogens is 298 g/mol. The maximum Gasteiger partial charge on any atom is -0.0533 e. The van der Waals surface area contributed by atoms with Crippen LogP contribution in [-0.4, -0.2) is 0 Å². The first-order chi connectivity index (χ1) is 6.41. The summed E-state index contributed by atoms with van der Waals surface area (Å²) in [6.07, 6.45) is 15.9. The Morgan fingerprint density at radius 2 is 0.529 bits per heavy atom. The average Bonchev–Trinajstić information content (AvgIpc) is 2.16. The van der Waals surface area contributed by atoms with Crippen LogP contribution in [0.2, 0.25) is 0 Å². The molecule has 0 N–H and O–H groups in total. The van der Waals surface area contributed by atoms with Gasteiger partial charge in [-0.1, -0.05) is 84.5 Å². The Hall–Kier alpha value is 1.16. The van der Waals surface area contributed by atoms with Crippen LogP contribution in [0.4, 0.5) is 0 Å². The summed E-state index contributed by atoms with van der Waals surface area (Å²) in [6, 6.07) is 0. The smallest absolute Gasteiger partial charge is 0.0533 e. The van der Waals surface area contributed by atoms with Gasteiger partial charge in [0.1, 0.15) is 0 Å². The fraction of sp³-hybridized carbons (Fsp3) is 1.00. The summed E-state index contributed by atoms with van der Waals surface area (Å²) in [7, 11) is 0. The molecule has 0 spiro atoms. The SMILES string of the molecule is CCCCCCCCCCCCC.Cl.Cl.Cl.Cl. The predicted molar refractivity (Wildman–Crippen MR) is 91.1 cm³/mol. The Labute approximate surface area is 134 Å². The molecule has 0 aliphatic heterocycles. The third kappa shape index (κ3) is 31.7. The molecule has 0 bridgehead atoms. The van der Waals surface area contributed by atoms with E-state index in [1.54, 1.807) is 0 Å². The number of hydrogen-bond donors (Lipinski definition) is 0. The van der Waals surface area contributed by atoms with E-state index >= 15 is 0 Å². The molecular formula is C13H32Cl4. The van der Waals surface area contributed by atoms with E-state index in [9.17, 15) is 0 Å². The lowest BCUT2D eigenvalue weighted by Crippen LogP contribution is -1.80. The molecule has 17 heavy (non-hydrogen) atoms. The summed E-state index contributed by atoms with van der Waals surface area (Å²) in [4.78, 5) is 0. The Balaban J connectivity index is -0.000000120. The fourth-order valence-corrected chi connectivity index (χ4v) is 1.74. The zero-order chi connectivity index (χ0) is 9.78. The van der Waals surface area contributed by atoms with Crippen LogP contribution in [-0.2, 0) is 0 Å². The van der Waals surface area contributed by atoms with E-state index < -0.39 is 0 Å². The van der Waals surface area contributed by atoms with Crippen molar-refractivity contribution in [2.45, 2.75) is 84.5 Å². The van der Waals surface area contributed by atoms with Gasteiger partial charge < -0.3 is 0 Å². The number of hydrogen-bond acceptors (Lipinski definition) is 0. The van der Waals surface area contributed by atoms with Crippen molar-refractivity contribution in [2.24, 2.45) is 0 Å². The van der Waals surface area contributed by atoms with Crippen molar-refractivity contribution >= 4 is 49.6 Å². The third-order valence-electron chi connectivity index (χ3n) is 2.71. The maximum atomic E-state index is 2.28. The Morgan fingerprint density at radius 3 is 0.706 bits per heavy atom. The van der Waals surface area contributed by atoms with Crippen molar-refractivity contribution in [1.82, 2.24) is 0 Å². The summed E-state index contributed by atoms with van der Waals surface area (Å²) in [6.45, 7) is 4.56. The van der Waals surface area contributed by atoms with Crippen LogP contribution in [0, 0.1) is 0 Å². The van der Waals surface area contributed by atoms with Gasteiger partial charge in [-0.2, -0.15) is 0 Å². The van der Waals surface area contributed by atoms with Gasteiger partial charge in [0.15, 0.2) is 0 Å². The molecule has 0 radical (unpaired) electrons. The third-order valence-corrected chi connectivity index (χ3v) is 2.71. The second-order valence-corrected chi connectivity index (χ2v) is 4.18. The lowest BCUT2D eigenvalue weighted by Gasteiger charge is -2.00. The van der Waals surface area contributed by atoms with Gasteiger partial charge in [0.25, 0.3) is 0 Å². The van der Waals surface area contributed by atoms with E-state index in [1.807, 2.05) is 0 Å². The molecule has 0 rings (SSSR count). The van der Waals surface area contributed by atoms with E-state index in [4.69, 9.17) is 0 Å². The summed E-state index contributed by atoms with van der Waals surface area (Å²) in [5, 5.41) is 0. The monoisotopic (exact) mass is 328 g/mol. The van der Waals surface area contributed by atoms with Crippen LogP contribution >= 0.6 is 49.6 Å². The van der Waals surface area contributed by atoms with Crippen molar-refractivity contribution in [3.05, 3.63) is 0 Å². The summed E-state index contributed by atoms with van der Waals surface area (Å²) in [5.41, 5.74) is 0. The molecule has 0 aliphatic rings. The van der Waals surface area contributed by atoms with Crippen LogP contribution in [0.1, 0.15) is 84.5 Å². The number of halogens is 4. The minimum Gasteiger partial charge on any atom is -0.147 e. The molecule has 4 heteroatoms. The van der Waals surface area contributed by atoms with Crippen LogP contribution in [0.15, 0.2) is 0 Å². The quantitative estimate of drug-likeness (QED) is 0.378. The molecule has 0 amide bonds. The van der Waals surface area contributed by atoms with E-state index in [1.165, 1.54) is 70.6 Å². The Bertz CT molecular complexity index is 79.5. The van der Waals surface area contributed by atoms with Gasteiger partial charge in [-0.3, -0.25) is 0 Å². The molecule has 0 saturated carbocycles. The molecule has 0 aromatic heterocycles. The zero-order valence-electron chi connectivity index (χ0n) is 11.4. The Morgan fingerprint density at radius 1 is 0.353 bits per heavy atom. The van der Waals surface area contributed by atoms with Gasteiger partial charge in [-0.25, -0.2) is 0 Å². The number of rotatable bonds is 10. The topological polar surface area (TPSA) is 0 Å².